The number of aromatic nitrogens is 1. The SMILES string of the molecule is CC1=NC(C)N(C)c2cc[nH]c21. The third-order valence-corrected chi connectivity index (χ3v) is 2.41. The number of nitrogens with zero attached hydrogens (tertiary/aromatic N) is 2. The fraction of sp³-hybridized carbons (Fsp3) is 0.444. The maximum Gasteiger partial charge on any atom is 0.118 e. The molecule has 3 nitrogen and oxygen atoms in total. The van der Waals surface area contributed by atoms with Gasteiger partial charge in [-0.25, -0.2) is 0 Å². The summed E-state index contributed by atoms with van der Waals surface area (Å²) in [6.07, 6.45) is 2.21. The van der Waals surface area contributed by atoms with E-state index in [0.29, 0.717) is 0 Å². The lowest BCUT2D eigenvalue weighted by Crippen LogP contribution is -2.32. The van der Waals surface area contributed by atoms with Gasteiger partial charge in [-0.1, -0.05) is 0 Å². The molecule has 1 aliphatic heterocycles. The van der Waals surface area contributed by atoms with Crippen LogP contribution < -0.4 is 4.90 Å². The van der Waals surface area contributed by atoms with Gasteiger partial charge in [0.1, 0.15) is 6.17 Å². The van der Waals surface area contributed by atoms with Crippen molar-refractivity contribution in [1.29, 1.82) is 0 Å². The third kappa shape index (κ3) is 0.858. The van der Waals surface area contributed by atoms with Crippen molar-refractivity contribution in [2.45, 2.75) is 20.0 Å². The zero-order valence-corrected chi connectivity index (χ0v) is 7.63. The zero-order valence-electron chi connectivity index (χ0n) is 7.63. The van der Waals surface area contributed by atoms with Crippen LogP contribution >= 0.6 is 0 Å². The molecule has 0 aromatic carbocycles. The van der Waals surface area contributed by atoms with Crippen molar-refractivity contribution in [3.05, 3.63) is 18.0 Å². The van der Waals surface area contributed by atoms with Gasteiger partial charge in [0.25, 0.3) is 0 Å². The number of nitrogens with one attached hydrogen (secondary N) is 1. The summed E-state index contributed by atoms with van der Waals surface area (Å²) in [5, 5.41) is 0. The predicted molar refractivity (Wildman–Crippen MR) is 50.9 cm³/mol. The van der Waals surface area contributed by atoms with Crippen molar-refractivity contribution in [3.63, 3.8) is 0 Å². The van der Waals surface area contributed by atoms with Crippen LogP contribution in [-0.2, 0) is 0 Å². The average Bonchev–Trinajstić information content (AvgIpc) is 2.48. The Morgan fingerprint density at radius 2 is 2.33 bits per heavy atom. The molecule has 2 rings (SSSR count). The molecule has 0 amide bonds. The number of hydrogen-bond acceptors (Lipinski definition) is 2. The van der Waals surface area contributed by atoms with Crippen molar-refractivity contribution < 1.29 is 0 Å². The van der Waals surface area contributed by atoms with Crippen LogP contribution in [0.25, 0.3) is 0 Å². The Bertz CT molecular complexity index is 324. The van der Waals surface area contributed by atoms with Gasteiger partial charge in [0.05, 0.1) is 17.1 Å². The summed E-state index contributed by atoms with van der Waals surface area (Å²) < 4.78 is 0. The van der Waals surface area contributed by atoms with Gasteiger partial charge in [0.2, 0.25) is 0 Å². The van der Waals surface area contributed by atoms with E-state index < -0.39 is 0 Å². The molecule has 0 radical (unpaired) electrons. The molecule has 1 unspecified atom stereocenters. The van der Waals surface area contributed by atoms with Gasteiger partial charge in [-0.05, 0) is 19.9 Å². The van der Waals surface area contributed by atoms with Crippen molar-refractivity contribution in [2.75, 3.05) is 11.9 Å². The van der Waals surface area contributed by atoms with E-state index in [2.05, 4.69) is 34.9 Å². The lowest BCUT2D eigenvalue weighted by molar-refractivity contribution is 0.712. The fourth-order valence-corrected chi connectivity index (χ4v) is 1.58. The molecule has 1 aromatic heterocycles. The first-order valence-corrected chi connectivity index (χ1v) is 4.15. The van der Waals surface area contributed by atoms with E-state index in [1.807, 2.05) is 13.1 Å². The molecule has 64 valence electrons. The normalized spacial score (nSPS) is 22.1. The Balaban J connectivity index is 2.54. The number of H-pyrrole nitrogens is 1. The molecule has 0 fully saturated rings. The second-order valence-corrected chi connectivity index (χ2v) is 3.20. The number of aliphatic imine (C=N–C) groups is 1. The first kappa shape index (κ1) is 7.40. The highest BCUT2D eigenvalue weighted by molar-refractivity contribution is 6.03. The highest BCUT2D eigenvalue weighted by Gasteiger charge is 2.20. The Labute approximate surface area is 72.1 Å². The number of rotatable bonds is 0. The van der Waals surface area contributed by atoms with Crippen molar-refractivity contribution in [3.8, 4) is 0 Å². The molecule has 0 saturated carbocycles. The van der Waals surface area contributed by atoms with Crippen LogP contribution in [0.15, 0.2) is 17.3 Å². The summed E-state index contributed by atoms with van der Waals surface area (Å²) >= 11 is 0. The first-order chi connectivity index (χ1) is 5.70. The summed E-state index contributed by atoms with van der Waals surface area (Å²) in [7, 11) is 2.06. The molecule has 2 heterocycles. The smallest absolute Gasteiger partial charge is 0.118 e. The van der Waals surface area contributed by atoms with E-state index in [4.69, 9.17) is 0 Å². The van der Waals surface area contributed by atoms with E-state index in [1.165, 1.54) is 5.69 Å². The third-order valence-electron chi connectivity index (χ3n) is 2.41. The lowest BCUT2D eigenvalue weighted by atomic mass is 10.2. The van der Waals surface area contributed by atoms with Crippen LogP contribution in [0.2, 0.25) is 0 Å². The molecular weight excluding hydrogens is 150 g/mol. The quantitative estimate of drug-likeness (QED) is 0.619. The lowest BCUT2D eigenvalue weighted by Gasteiger charge is -2.28. The molecule has 1 aliphatic rings. The zero-order chi connectivity index (χ0) is 8.72. The molecule has 0 saturated heterocycles. The van der Waals surface area contributed by atoms with Gasteiger partial charge in [-0.3, -0.25) is 4.99 Å². The van der Waals surface area contributed by atoms with Crippen LogP contribution in [0.4, 0.5) is 5.69 Å². The minimum atomic E-state index is 0.258. The fourth-order valence-electron chi connectivity index (χ4n) is 1.58. The molecule has 0 bridgehead atoms. The largest absolute Gasteiger partial charge is 0.358 e. The molecule has 3 heteroatoms. The van der Waals surface area contributed by atoms with Gasteiger partial charge in [0.15, 0.2) is 0 Å². The van der Waals surface area contributed by atoms with E-state index in [1.54, 1.807) is 0 Å². The second-order valence-electron chi connectivity index (χ2n) is 3.20. The first-order valence-electron chi connectivity index (χ1n) is 4.15. The Morgan fingerprint density at radius 3 is 3.08 bits per heavy atom. The molecule has 12 heavy (non-hydrogen) atoms. The summed E-state index contributed by atoms with van der Waals surface area (Å²) in [5.74, 6) is 0. The number of fused-ring (bicyclic) bond motifs is 1. The molecule has 1 atom stereocenters. The summed E-state index contributed by atoms with van der Waals surface area (Å²) in [6.45, 7) is 4.14. The Kier molecular flexibility index (Phi) is 1.46. The number of hydrogen-bond donors (Lipinski definition) is 1. The molecular formula is C9H13N3. The monoisotopic (exact) mass is 163 g/mol. The van der Waals surface area contributed by atoms with Gasteiger partial charge in [-0.2, -0.15) is 0 Å². The Morgan fingerprint density at radius 1 is 1.58 bits per heavy atom. The van der Waals surface area contributed by atoms with E-state index in [-0.39, 0.29) is 6.17 Å². The van der Waals surface area contributed by atoms with Crippen molar-refractivity contribution in [2.24, 2.45) is 4.99 Å². The number of aromatic amines is 1. The summed E-state index contributed by atoms with van der Waals surface area (Å²) in [6, 6.07) is 2.09. The highest BCUT2D eigenvalue weighted by atomic mass is 15.2. The van der Waals surface area contributed by atoms with Crippen molar-refractivity contribution in [1.82, 2.24) is 4.98 Å². The Hall–Kier alpha value is -1.25. The standard InChI is InChI=1S/C9H13N3/c1-6-9-8(4-5-10-9)12(3)7(2)11-6/h4-5,7,10H,1-3H3. The van der Waals surface area contributed by atoms with Crippen LogP contribution in [0.5, 0.6) is 0 Å². The van der Waals surface area contributed by atoms with Gasteiger partial charge < -0.3 is 9.88 Å². The van der Waals surface area contributed by atoms with Crippen LogP contribution in [-0.4, -0.2) is 23.9 Å². The van der Waals surface area contributed by atoms with E-state index >= 15 is 0 Å². The average molecular weight is 163 g/mol. The van der Waals surface area contributed by atoms with Gasteiger partial charge in [0, 0.05) is 13.2 Å². The minimum Gasteiger partial charge on any atom is -0.358 e. The maximum absolute atomic E-state index is 4.49. The molecule has 1 aromatic rings. The highest BCUT2D eigenvalue weighted by Crippen LogP contribution is 2.25. The maximum atomic E-state index is 4.49. The van der Waals surface area contributed by atoms with E-state index in [9.17, 15) is 0 Å². The minimum absolute atomic E-state index is 0.258. The summed E-state index contributed by atoms with van der Waals surface area (Å²) in [5.41, 5.74) is 3.49. The van der Waals surface area contributed by atoms with Gasteiger partial charge in [-0.15, -0.1) is 0 Å². The van der Waals surface area contributed by atoms with E-state index in [0.717, 1.165) is 11.4 Å². The molecule has 0 spiro atoms. The predicted octanol–water partition coefficient (Wildman–Crippen LogP) is 1.62. The topological polar surface area (TPSA) is 31.4 Å². The summed E-state index contributed by atoms with van der Waals surface area (Å²) in [4.78, 5) is 9.84. The van der Waals surface area contributed by atoms with Crippen molar-refractivity contribution >= 4 is 11.4 Å². The van der Waals surface area contributed by atoms with Crippen LogP contribution in [0.3, 0.4) is 0 Å². The second kappa shape index (κ2) is 2.37. The van der Waals surface area contributed by atoms with Crippen LogP contribution in [0, 0.1) is 0 Å². The van der Waals surface area contributed by atoms with Gasteiger partial charge >= 0.3 is 0 Å². The molecule has 1 N–H and O–H groups in total. The van der Waals surface area contributed by atoms with Crippen LogP contribution in [0.1, 0.15) is 19.5 Å². The molecule has 0 aliphatic carbocycles. The number of anilines is 1.